The molecule has 0 atom stereocenters. The molecule has 41 heavy (non-hydrogen) atoms. The number of hydrogen-bond acceptors (Lipinski definition) is 6. The van der Waals surface area contributed by atoms with Gasteiger partial charge in [0.2, 0.25) is 11.8 Å². The number of pyridine rings is 1. The van der Waals surface area contributed by atoms with E-state index >= 15 is 0 Å². The van der Waals surface area contributed by atoms with Crippen molar-refractivity contribution in [2.24, 2.45) is 12.5 Å². The van der Waals surface area contributed by atoms with E-state index < -0.39 is 5.41 Å². The van der Waals surface area contributed by atoms with E-state index in [9.17, 15) is 14.4 Å². The summed E-state index contributed by atoms with van der Waals surface area (Å²) in [5.74, 6) is 0.275. The van der Waals surface area contributed by atoms with Crippen LogP contribution in [-0.4, -0.2) is 51.2 Å². The molecule has 0 radical (unpaired) electrons. The Morgan fingerprint density at radius 2 is 1.71 bits per heavy atom. The van der Waals surface area contributed by atoms with Gasteiger partial charge in [-0.1, -0.05) is 6.07 Å². The summed E-state index contributed by atoms with van der Waals surface area (Å²) in [6, 6.07) is 11.6. The average Bonchev–Trinajstić information content (AvgIpc) is 3.46. The maximum Gasteiger partial charge on any atom is 0.261 e. The molecule has 3 aromatic heterocycles. The predicted octanol–water partition coefficient (Wildman–Crippen LogP) is 4.00. The summed E-state index contributed by atoms with van der Waals surface area (Å²) in [4.78, 5) is 45.3. The summed E-state index contributed by atoms with van der Waals surface area (Å²) in [6.45, 7) is 11.9. The molecular weight excluding hydrogens is 520 g/mol. The molecule has 5 rings (SSSR count). The van der Waals surface area contributed by atoms with Crippen molar-refractivity contribution in [1.82, 2.24) is 19.2 Å². The van der Waals surface area contributed by atoms with Crippen molar-refractivity contribution in [3.8, 4) is 0 Å². The normalized spacial score (nSPS) is 15.2. The minimum Gasteiger partial charge on any atom is -0.461 e. The van der Waals surface area contributed by atoms with Crippen molar-refractivity contribution >= 4 is 34.2 Å². The van der Waals surface area contributed by atoms with Gasteiger partial charge in [-0.05, 0) is 70.5 Å². The maximum atomic E-state index is 13.3. The topological polar surface area (TPSA) is 96.8 Å². The molecule has 0 unspecified atom stereocenters. The number of hydrogen-bond donors (Lipinski definition) is 0. The highest BCUT2D eigenvalue weighted by molar-refractivity contribution is 6.19. The molecule has 0 bridgehead atoms. The lowest BCUT2D eigenvalue weighted by Crippen LogP contribution is -2.47. The molecule has 0 fully saturated rings. The predicted molar refractivity (Wildman–Crippen MR) is 159 cm³/mol. The smallest absolute Gasteiger partial charge is 0.261 e. The molecule has 0 saturated carbocycles. The molecule has 10 nitrogen and oxygen atoms in total. The molecule has 216 valence electrons. The standard InChI is InChI=1S/C31H38N6O4/c1-8-37-25-10-9-22(17-26(25)33(6)29(39)31(4,5)30(37)40)18-35(19-23-15-20(2)32-34(23)7)13-14-36-12-11-27-24(28(36)38)16-21(3)41-27/h9-12,15-17H,8,13-14,18-19H2,1-7H3. The number of benzene rings is 1. The van der Waals surface area contributed by atoms with Crippen molar-refractivity contribution < 1.29 is 14.0 Å². The molecule has 4 heterocycles. The summed E-state index contributed by atoms with van der Waals surface area (Å²) in [5, 5.41) is 5.09. The number of fused-ring (bicyclic) bond motifs is 2. The molecule has 0 saturated heterocycles. The van der Waals surface area contributed by atoms with E-state index in [-0.39, 0.29) is 17.4 Å². The number of anilines is 2. The van der Waals surface area contributed by atoms with Gasteiger partial charge in [0.15, 0.2) is 0 Å². The van der Waals surface area contributed by atoms with Crippen LogP contribution < -0.4 is 15.4 Å². The van der Waals surface area contributed by atoms with Crippen LogP contribution in [0.15, 0.2) is 51.8 Å². The number of aryl methyl sites for hydroxylation is 3. The number of nitrogens with zero attached hydrogens (tertiary/aromatic N) is 6. The van der Waals surface area contributed by atoms with E-state index in [1.165, 1.54) is 0 Å². The van der Waals surface area contributed by atoms with E-state index in [4.69, 9.17) is 4.42 Å². The van der Waals surface area contributed by atoms with Gasteiger partial charge in [0.1, 0.15) is 16.8 Å². The Bertz CT molecular complexity index is 1690. The fourth-order valence-electron chi connectivity index (χ4n) is 5.69. The van der Waals surface area contributed by atoms with E-state index in [0.717, 1.165) is 22.6 Å². The molecule has 1 aliphatic heterocycles. The van der Waals surface area contributed by atoms with Crippen LogP contribution in [0.25, 0.3) is 11.0 Å². The Kier molecular flexibility index (Phi) is 7.37. The number of aromatic nitrogens is 3. The number of carbonyl (C=O) groups excluding carboxylic acids is 2. The quantitative estimate of drug-likeness (QED) is 0.303. The van der Waals surface area contributed by atoms with E-state index in [0.29, 0.717) is 55.1 Å². The van der Waals surface area contributed by atoms with Gasteiger partial charge >= 0.3 is 0 Å². The fourth-order valence-corrected chi connectivity index (χ4v) is 5.69. The molecule has 4 aromatic rings. The third kappa shape index (κ3) is 5.19. The fraction of sp³-hybridized carbons (Fsp3) is 0.419. The van der Waals surface area contributed by atoms with Gasteiger partial charge in [-0.3, -0.25) is 24.0 Å². The third-order valence-corrected chi connectivity index (χ3v) is 7.96. The lowest BCUT2D eigenvalue weighted by Gasteiger charge is -2.27. The first kappa shape index (κ1) is 28.4. The first-order chi connectivity index (χ1) is 19.4. The first-order valence-corrected chi connectivity index (χ1v) is 13.9. The molecule has 0 spiro atoms. The second-order valence-corrected chi connectivity index (χ2v) is 11.4. The second-order valence-electron chi connectivity index (χ2n) is 11.4. The van der Waals surface area contributed by atoms with Crippen LogP contribution >= 0.6 is 0 Å². The number of rotatable bonds is 8. The van der Waals surface area contributed by atoms with Gasteiger partial charge in [-0.15, -0.1) is 0 Å². The monoisotopic (exact) mass is 558 g/mol. The van der Waals surface area contributed by atoms with Crippen molar-refractivity contribution in [3.63, 3.8) is 0 Å². The summed E-state index contributed by atoms with van der Waals surface area (Å²) >= 11 is 0. The average molecular weight is 559 g/mol. The largest absolute Gasteiger partial charge is 0.461 e. The van der Waals surface area contributed by atoms with Gasteiger partial charge in [0.25, 0.3) is 5.56 Å². The number of amides is 2. The van der Waals surface area contributed by atoms with Crippen molar-refractivity contribution in [3.05, 3.63) is 75.7 Å². The molecule has 2 amide bonds. The summed E-state index contributed by atoms with van der Waals surface area (Å²) in [6.07, 6.45) is 1.78. The lowest BCUT2D eigenvalue weighted by atomic mass is 9.90. The van der Waals surface area contributed by atoms with Crippen molar-refractivity contribution in [2.45, 2.75) is 54.3 Å². The van der Waals surface area contributed by atoms with E-state index in [1.807, 2.05) is 56.8 Å². The molecule has 0 N–H and O–H groups in total. The molecule has 0 aliphatic carbocycles. The van der Waals surface area contributed by atoms with Crippen molar-refractivity contribution in [2.75, 3.05) is 29.9 Å². The lowest BCUT2D eigenvalue weighted by molar-refractivity contribution is -0.137. The zero-order valence-electron chi connectivity index (χ0n) is 24.9. The Labute approximate surface area is 239 Å². The minimum atomic E-state index is -1.16. The second kappa shape index (κ2) is 10.7. The van der Waals surface area contributed by atoms with Crippen molar-refractivity contribution in [1.29, 1.82) is 0 Å². The third-order valence-electron chi connectivity index (χ3n) is 7.96. The van der Waals surface area contributed by atoms with E-state index in [2.05, 4.69) is 16.1 Å². The highest BCUT2D eigenvalue weighted by Gasteiger charge is 2.45. The van der Waals surface area contributed by atoms with Gasteiger partial charge in [0, 0.05) is 53.0 Å². The Hall–Kier alpha value is -4.18. The van der Waals surface area contributed by atoms with Crippen LogP contribution in [0, 0.1) is 19.3 Å². The number of carbonyl (C=O) groups is 2. The van der Waals surface area contributed by atoms with Crippen LogP contribution in [-0.2, 0) is 36.3 Å². The summed E-state index contributed by atoms with van der Waals surface area (Å²) in [7, 11) is 3.66. The maximum absolute atomic E-state index is 13.3. The highest BCUT2D eigenvalue weighted by atomic mass is 16.3. The molecule has 1 aromatic carbocycles. The Balaban J connectivity index is 1.46. The Morgan fingerprint density at radius 1 is 0.951 bits per heavy atom. The van der Waals surface area contributed by atoms with Gasteiger partial charge in [-0.25, -0.2) is 0 Å². The van der Waals surface area contributed by atoms with E-state index in [1.54, 1.807) is 47.5 Å². The van der Waals surface area contributed by atoms with Gasteiger partial charge < -0.3 is 18.8 Å². The minimum absolute atomic E-state index is 0.0761. The Morgan fingerprint density at radius 3 is 2.39 bits per heavy atom. The van der Waals surface area contributed by atoms with Gasteiger partial charge in [-0.2, -0.15) is 5.10 Å². The molecule has 1 aliphatic rings. The van der Waals surface area contributed by atoms with Crippen LogP contribution in [0.1, 0.15) is 43.5 Å². The molecular formula is C31H38N6O4. The summed E-state index contributed by atoms with van der Waals surface area (Å²) < 4.78 is 9.22. The molecule has 10 heteroatoms. The highest BCUT2D eigenvalue weighted by Crippen LogP contribution is 2.39. The zero-order valence-corrected chi connectivity index (χ0v) is 24.9. The van der Waals surface area contributed by atoms with Crippen LogP contribution in [0.5, 0.6) is 0 Å². The van der Waals surface area contributed by atoms with Crippen LogP contribution in [0.4, 0.5) is 11.4 Å². The number of furan rings is 1. The first-order valence-electron chi connectivity index (χ1n) is 13.9. The SMILES string of the molecule is CCN1C(=O)C(C)(C)C(=O)N(C)c2cc(CN(CCn3ccc4oc(C)cc4c3=O)Cc3cc(C)nn3C)ccc21. The van der Waals surface area contributed by atoms with Gasteiger partial charge in [0.05, 0.1) is 28.1 Å². The summed E-state index contributed by atoms with van der Waals surface area (Å²) in [5.41, 5.74) is 3.80. The van der Waals surface area contributed by atoms with Crippen LogP contribution in [0.3, 0.4) is 0 Å². The zero-order chi connectivity index (χ0) is 29.6. The van der Waals surface area contributed by atoms with Crippen LogP contribution in [0.2, 0.25) is 0 Å².